The predicted molar refractivity (Wildman–Crippen MR) is 126 cm³/mol. The molecule has 0 spiro atoms. The molecular formula is C26H29FN2Si. The van der Waals surface area contributed by atoms with E-state index in [-0.39, 0.29) is 5.82 Å². The molecule has 2 heterocycles. The van der Waals surface area contributed by atoms with Crippen molar-refractivity contribution in [2.24, 2.45) is 0 Å². The van der Waals surface area contributed by atoms with Gasteiger partial charge in [0.15, 0.2) is 0 Å². The van der Waals surface area contributed by atoms with Gasteiger partial charge < -0.3 is 4.90 Å². The molecule has 0 aliphatic carbocycles. The first-order chi connectivity index (χ1) is 14.7. The largest absolute Gasteiger partial charge is 0.369 e. The Hall–Kier alpha value is -2.43. The summed E-state index contributed by atoms with van der Waals surface area (Å²) in [5, 5.41) is 2.89. The van der Waals surface area contributed by atoms with Crippen LogP contribution >= 0.6 is 0 Å². The first-order valence-electron chi connectivity index (χ1n) is 11.1. The summed E-state index contributed by atoms with van der Waals surface area (Å²) in [6, 6.07) is 32.4. The lowest BCUT2D eigenvalue weighted by Crippen LogP contribution is -2.58. The number of piperazine rings is 1. The predicted octanol–water partition coefficient (Wildman–Crippen LogP) is 3.98. The molecule has 0 aromatic heterocycles. The van der Waals surface area contributed by atoms with Crippen LogP contribution in [0.5, 0.6) is 0 Å². The van der Waals surface area contributed by atoms with Gasteiger partial charge in [0.05, 0.1) is 0 Å². The van der Waals surface area contributed by atoms with E-state index in [4.69, 9.17) is 0 Å². The molecule has 0 saturated carbocycles. The Morgan fingerprint density at radius 2 is 1.30 bits per heavy atom. The molecule has 0 N–H and O–H groups in total. The summed E-state index contributed by atoms with van der Waals surface area (Å²) >= 11 is 0. The monoisotopic (exact) mass is 416 g/mol. The van der Waals surface area contributed by atoms with Gasteiger partial charge in [0.2, 0.25) is 0 Å². The minimum Gasteiger partial charge on any atom is -0.369 e. The lowest BCUT2D eigenvalue weighted by Gasteiger charge is -2.40. The van der Waals surface area contributed by atoms with Gasteiger partial charge in [-0.3, -0.25) is 4.90 Å². The van der Waals surface area contributed by atoms with E-state index in [9.17, 15) is 4.39 Å². The Morgan fingerprint density at radius 3 is 1.97 bits per heavy atom. The van der Waals surface area contributed by atoms with Gasteiger partial charge in [0.1, 0.15) is 13.9 Å². The van der Waals surface area contributed by atoms with Crippen molar-refractivity contribution < 1.29 is 4.39 Å². The number of hydrogen-bond donors (Lipinski definition) is 0. The van der Waals surface area contributed by atoms with E-state index in [0.717, 1.165) is 26.2 Å². The van der Waals surface area contributed by atoms with Gasteiger partial charge in [0.25, 0.3) is 0 Å². The quantitative estimate of drug-likeness (QED) is 0.594. The van der Waals surface area contributed by atoms with Crippen LogP contribution in [-0.2, 0) is 0 Å². The maximum absolute atomic E-state index is 13.6. The molecule has 3 aromatic rings. The molecule has 0 amide bonds. The molecule has 154 valence electrons. The summed E-state index contributed by atoms with van der Waals surface area (Å²) < 4.78 is 13.6. The van der Waals surface area contributed by atoms with Gasteiger partial charge >= 0.3 is 0 Å². The van der Waals surface area contributed by atoms with Crippen LogP contribution in [0.3, 0.4) is 0 Å². The smallest absolute Gasteiger partial charge is 0.123 e. The van der Waals surface area contributed by atoms with E-state index < -0.39 is 8.07 Å². The van der Waals surface area contributed by atoms with Gasteiger partial charge in [0, 0.05) is 37.9 Å². The van der Waals surface area contributed by atoms with Crippen LogP contribution in [-0.4, -0.2) is 45.2 Å². The lowest BCUT2D eigenvalue weighted by molar-refractivity contribution is 0.198. The second-order valence-electron chi connectivity index (χ2n) is 8.71. The first kappa shape index (κ1) is 19.5. The Bertz CT molecular complexity index is 955. The maximum Gasteiger partial charge on any atom is 0.123 e. The molecule has 2 nitrogen and oxygen atoms in total. The van der Waals surface area contributed by atoms with Crippen molar-refractivity contribution in [2.45, 2.75) is 24.6 Å². The van der Waals surface area contributed by atoms with Crippen LogP contribution in [0.2, 0.25) is 12.1 Å². The van der Waals surface area contributed by atoms with Gasteiger partial charge in [-0.05, 0) is 42.8 Å². The molecular weight excluding hydrogens is 387 g/mol. The number of nitrogens with zero attached hydrogens (tertiary/aromatic N) is 2. The second-order valence-corrected chi connectivity index (χ2v) is 12.9. The third-order valence-corrected chi connectivity index (χ3v) is 12.4. The van der Waals surface area contributed by atoms with Crippen LogP contribution in [0, 0.1) is 5.82 Å². The minimum atomic E-state index is -1.86. The molecule has 3 aromatic carbocycles. The lowest BCUT2D eigenvalue weighted by atomic mass is 10.2. The van der Waals surface area contributed by atoms with Gasteiger partial charge in [-0.15, -0.1) is 0 Å². The van der Waals surface area contributed by atoms with Crippen molar-refractivity contribution in [1.29, 1.82) is 0 Å². The molecule has 4 heteroatoms. The molecule has 2 aliphatic heterocycles. The Kier molecular flexibility index (Phi) is 5.44. The summed E-state index contributed by atoms with van der Waals surface area (Å²) in [5.41, 5.74) is 1.34. The molecule has 2 fully saturated rings. The van der Waals surface area contributed by atoms with E-state index in [1.165, 1.54) is 34.6 Å². The zero-order valence-corrected chi connectivity index (χ0v) is 18.4. The average Bonchev–Trinajstić information content (AvgIpc) is 3.27. The average molecular weight is 417 g/mol. The van der Waals surface area contributed by atoms with E-state index in [1.807, 2.05) is 0 Å². The zero-order valence-electron chi connectivity index (χ0n) is 17.4. The van der Waals surface area contributed by atoms with E-state index >= 15 is 0 Å². The molecule has 5 rings (SSSR count). The highest BCUT2D eigenvalue weighted by Gasteiger charge is 2.46. The van der Waals surface area contributed by atoms with Gasteiger partial charge in [-0.25, -0.2) is 4.39 Å². The molecule has 0 bridgehead atoms. The normalized spacial score (nSPS) is 24.8. The molecule has 2 aliphatic rings. The third-order valence-electron chi connectivity index (χ3n) is 7.16. The van der Waals surface area contributed by atoms with E-state index in [0.29, 0.717) is 6.04 Å². The van der Waals surface area contributed by atoms with Crippen molar-refractivity contribution in [2.75, 3.05) is 31.1 Å². The van der Waals surface area contributed by atoms with Crippen LogP contribution in [0.25, 0.3) is 0 Å². The van der Waals surface area contributed by atoms with Crippen molar-refractivity contribution in [3.63, 3.8) is 0 Å². The van der Waals surface area contributed by atoms with Crippen molar-refractivity contribution in [3.8, 4) is 0 Å². The topological polar surface area (TPSA) is 6.48 Å². The number of hydrogen-bond acceptors (Lipinski definition) is 2. The molecule has 2 atom stereocenters. The van der Waals surface area contributed by atoms with E-state index in [1.54, 1.807) is 12.1 Å². The number of halogens is 1. The minimum absolute atomic E-state index is 0.137. The maximum atomic E-state index is 13.6. The summed E-state index contributed by atoms with van der Waals surface area (Å²) in [5.74, 6) is -0.137. The van der Waals surface area contributed by atoms with Gasteiger partial charge in [-0.1, -0.05) is 71.0 Å². The molecule has 2 saturated heterocycles. The van der Waals surface area contributed by atoms with Gasteiger partial charge in [-0.2, -0.15) is 0 Å². The molecule has 2 unspecified atom stereocenters. The standard InChI is InChI=1S/C26H29FN2Si/c27-22-11-13-26(14-12-22)30(25-9-5-2-6-10-25)20-15-24(21-30)29-18-16-28(17-19-29)23-7-3-1-4-8-23/h1-14,24H,15-21H2. The fourth-order valence-electron chi connectivity index (χ4n) is 5.53. The molecule has 30 heavy (non-hydrogen) atoms. The highest BCUT2D eigenvalue weighted by atomic mass is 28.3. The fraction of sp³-hybridized carbons (Fsp3) is 0.308. The van der Waals surface area contributed by atoms with Crippen molar-refractivity contribution in [3.05, 3.63) is 90.7 Å². The summed E-state index contributed by atoms with van der Waals surface area (Å²) in [7, 11) is -1.86. The number of para-hydroxylation sites is 1. The Labute approximate surface area is 180 Å². The number of rotatable bonds is 4. The number of benzene rings is 3. The summed E-state index contributed by atoms with van der Waals surface area (Å²) in [4.78, 5) is 5.23. The molecule has 0 radical (unpaired) electrons. The van der Waals surface area contributed by atoms with Crippen molar-refractivity contribution >= 4 is 24.1 Å². The third kappa shape index (κ3) is 3.70. The van der Waals surface area contributed by atoms with Crippen LogP contribution in [0.15, 0.2) is 84.9 Å². The van der Waals surface area contributed by atoms with Crippen LogP contribution < -0.4 is 15.3 Å². The highest BCUT2D eigenvalue weighted by Crippen LogP contribution is 2.34. The Balaban J connectivity index is 1.35. The van der Waals surface area contributed by atoms with Crippen LogP contribution in [0.1, 0.15) is 6.42 Å². The summed E-state index contributed by atoms with van der Waals surface area (Å²) in [6.07, 6.45) is 1.25. The fourth-order valence-corrected chi connectivity index (χ4v) is 10.8. The highest BCUT2D eigenvalue weighted by molar-refractivity contribution is 7.02. The zero-order chi connectivity index (χ0) is 20.4. The number of anilines is 1. The van der Waals surface area contributed by atoms with E-state index in [2.05, 4.69) is 82.6 Å². The van der Waals surface area contributed by atoms with Crippen LogP contribution in [0.4, 0.5) is 10.1 Å². The first-order valence-corrected chi connectivity index (χ1v) is 13.5. The van der Waals surface area contributed by atoms with Crippen molar-refractivity contribution in [1.82, 2.24) is 4.90 Å². The SMILES string of the molecule is Fc1ccc([Si]2(c3ccccc3)CCC(N3CCN(c4ccccc4)CC3)C2)cc1. The second kappa shape index (κ2) is 8.36. The summed E-state index contributed by atoms with van der Waals surface area (Å²) in [6.45, 7) is 4.44. The Morgan fingerprint density at radius 1 is 0.700 bits per heavy atom.